The van der Waals surface area contributed by atoms with Crippen molar-refractivity contribution in [1.29, 1.82) is 0 Å². The molecule has 0 amide bonds. The summed E-state index contributed by atoms with van der Waals surface area (Å²) in [6.07, 6.45) is 3.15. The zero-order valence-corrected chi connectivity index (χ0v) is 9.62. The Morgan fingerprint density at radius 1 is 1.53 bits per heavy atom. The Morgan fingerprint density at radius 3 is 2.93 bits per heavy atom. The second-order valence-electron chi connectivity index (χ2n) is 4.29. The summed E-state index contributed by atoms with van der Waals surface area (Å²) < 4.78 is 0. The monoisotopic (exact) mass is 206 g/mol. The molecule has 1 aromatic heterocycles. The molecule has 0 spiro atoms. The van der Waals surface area contributed by atoms with Gasteiger partial charge in [0.25, 0.3) is 0 Å². The lowest BCUT2D eigenvalue weighted by atomic mass is 10.2. The van der Waals surface area contributed by atoms with Crippen molar-refractivity contribution in [1.82, 2.24) is 9.97 Å². The van der Waals surface area contributed by atoms with E-state index in [9.17, 15) is 0 Å². The maximum Gasteiger partial charge on any atom is 0.224 e. The normalized spacial score (nSPS) is 20.7. The molecule has 15 heavy (non-hydrogen) atoms. The molecule has 1 aromatic rings. The summed E-state index contributed by atoms with van der Waals surface area (Å²) >= 11 is 0. The third-order valence-corrected chi connectivity index (χ3v) is 2.89. The van der Waals surface area contributed by atoms with Gasteiger partial charge in [-0.05, 0) is 19.3 Å². The van der Waals surface area contributed by atoms with Gasteiger partial charge in [-0.1, -0.05) is 6.92 Å². The number of rotatable bonds is 2. The quantitative estimate of drug-likeness (QED) is 0.799. The first-order valence-corrected chi connectivity index (χ1v) is 5.47. The van der Waals surface area contributed by atoms with E-state index in [1.54, 1.807) is 0 Å². The second kappa shape index (κ2) is 4.04. The molecule has 0 radical (unpaired) electrons. The summed E-state index contributed by atoms with van der Waals surface area (Å²) in [5.74, 6) is 2.56. The van der Waals surface area contributed by atoms with Gasteiger partial charge in [0.2, 0.25) is 5.95 Å². The maximum atomic E-state index is 4.51. The van der Waals surface area contributed by atoms with Gasteiger partial charge in [-0.15, -0.1) is 0 Å². The van der Waals surface area contributed by atoms with E-state index in [0.717, 1.165) is 30.4 Å². The van der Waals surface area contributed by atoms with E-state index < -0.39 is 0 Å². The lowest BCUT2D eigenvalue weighted by molar-refractivity contribution is 0.658. The van der Waals surface area contributed by atoms with Crippen molar-refractivity contribution in [2.45, 2.75) is 20.3 Å². The average molecular weight is 206 g/mol. The molecule has 1 saturated heterocycles. The fourth-order valence-electron chi connectivity index (χ4n) is 2.00. The molecule has 1 aliphatic heterocycles. The SMILES string of the molecule is CNc1ncc(C)c(N2CCC(C)C2)n1. The van der Waals surface area contributed by atoms with Crippen LogP contribution < -0.4 is 10.2 Å². The Hall–Kier alpha value is -1.32. The zero-order chi connectivity index (χ0) is 10.8. The van der Waals surface area contributed by atoms with Crippen LogP contribution in [0.4, 0.5) is 11.8 Å². The summed E-state index contributed by atoms with van der Waals surface area (Å²) in [5.41, 5.74) is 1.16. The Balaban J connectivity index is 2.26. The molecule has 1 aliphatic rings. The van der Waals surface area contributed by atoms with Gasteiger partial charge in [-0.3, -0.25) is 0 Å². The number of nitrogens with zero attached hydrogens (tertiary/aromatic N) is 3. The molecule has 0 saturated carbocycles. The first-order chi connectivity index (χ1) is 7.20. The Bertz CT molecular complexity index is 350. The summed E-state index contributed by atoms with van der Waals surface area (Å²) in [6, 6.07) is 0. The predicted octanol–water partition coefficient (Wildman–Crippen LogP) is 1.67. The highest BCUT2D eigenvalue weighted by Crippen LogP contribution is 2.24. The summed E-state index contributed by atoms with van der Waals surface area (Å²) in [7, 11) is 1.85. The third kappa shape index (κ3) is 2.03. The molecule has 0 bridgehead atoms. The number of aromatic nitrogens is 2. The molecular weight excluding hydrogens is 188 g/mol. The van der Waals surface area contributed by atoms with Gasteiger partial charge >= 0.3 is 0 Å². The topological polar surface area (TPSA) is 41.1 Å². The van der Waals surface area contributed by atoms with Crippen LogP contribution in [0.5, 0.6) is 0 Å². The van der Waals surface area contributed by atoms with Crippen LogP contribution in [0, 0.1) is 12.8 Å². The van der Waals surface area contributed by atoms with Crippen molar-refractivity contribution in [2.24, 2.45) is 5.92 Å². The molecule has 1 fully saturated rings. The molecule has 4 heteroatoms. The minimum atomic E-state index is 0.704. The molecular formula is C11H18N4. The van der Waals surface area contributed by atoms with Crippen molar-refractivity contribution in [2.75, 3.05) is 30.4 Å². The van der Waals surface area contributed by atoms with Crippen LogP contribution in [0.15, 0.2) is 6.20 Å². The van der Waals surface area contributed by atoms with Gasteiger partial charge in [0.15, 0.2) is 0 Å². The van der Waals surface area contributed by atoms with Crippen molar-refractivity contribution >= 4 is 11.8 Å². The molecule has 82 valence electrons. The summed E-state index contributed by atoms with van der Waals surface area (Å²) in [6.45, 7) is 6.58. The molecule has 2 heterocycles. The van der Waals surface area contributed by atoms with Gasteiger partial charge < -0.3 is 10.2 Å². The van der Waals surface area contributed by atoms with E-state index in [1.807, 2.05) is 13.2 Å². The number of nitrogens with one attached hydrogen (secondary N) is 1. The number of aryl methyl sites for hydroxylation is 1. The van der Waals surface area contributed by atoms with Crippen molar-refractivity contribution in [3.8, 4) is 0 Å². The highest BCUT2D eigenvalue weighted by Gasteiger charge is 2.21. The molecule has 4 nitrogen and oxygen atoms in total. The van der Waals surface area contributed by atoms with E-state index in [-0.39, 0.29) is 0 Å². The zero-order valence-electron chi connectivity index (χ0n) is 9.62. The summed E-state index contributed by atoms with van der Waals surface area (Å²) in [5, 5.41) is 2.98. The number of hydrogen-bond donors (Lipinski definition) is 1. The molecule has 1 N–H and O–H groups in total. The average Bonchev–Trinajstić information content (AvgIpc) is 2.65. The van der Waals surface area contributed by atoms with Gasteiger partial charge in [-0.2, -0.15) is 4.98 Å². The van der Waals surface area contributed by atoms with Gasteiger partial charge in [-0.25, -0.2) is 4.98 Å². The smallest absolute Gasteiger partial charge is 0.224 e. The first-order valence-electron chi connectivity index (χ1n) is 5.47. The first kappa shape index (κ1) is 10.2. The molecule has 0 aromatic carbocycles. The van der Waals surface area contributed by atoms with Crippen LogP contribution in [-0.4, -0.2) is 30.1 Å². The fourth-order valence-corrected chi connectivity index (χ4v) is 2.00. The van der Waals surface area contributed by atoms with E-state index in [1.165, 1.54) is 6.42 Å². The largest absolute Gasteiger partial charge is 0.357 e. The minimum Gasteiger partial charge on any atom is -0.357 e. The highest BCUT2D eigenvalue weighted by molar-refractivity contribution is 5.49. The van der Waals surface area contributed by atoms with Crippen LogP contribution in [0.2, 0.25) is 0 Å². The molecule has 0 aliphatic carbocycles. The fraction of sp³-hybridized carbons (Fsp3) is 0.636. The van der Waals surface area contributed by atoms with Crippen LogP contribution in [0.25, 0.3) is 0 Å². The lowest BCUT2D eigenvalue weighted by Gasteiger charge is -2.19. The Morgan fingerprint density at radius 2 is 2.33 bits per heavy atom. The highest BCUT2D eigenvalue weighted by atomic mass is 15.2. The van der Waals surface area contributed by atoms with Crippen molar-refractivity contribution in [3.63, 3.8) is 0 Å². The van der Waals surface area contributed by atoms with Crippen LogP contribution in [-0.2, 0) is 0 Å². The third-order valence-electron chi connectivity index (χ3n) is 2.89. The van der Waals surface area contributed by atoms with E-state index in [4.69, 9.17) is 0 Å². The van der Waals surface area contributed by atoms with E-state index in [0.29, 0.717) is 5.95 Å². The van der Waals surface area contributed by atoms with Gasteiger partial charge in [0, 0.05) is 31.9 Å². The van der Waals surface area contributed by atoms with Crippen molar-refractivity contribution < 1.29 is 0 Å². The minimum absolute atomic E-state index is 0.704. The number of hydrogen-bond acceptors (Lipinski definition) is 4. The van der Waals surface area contributed by atoms with E-state index >= 15 is 0 Å². The predicted molar refractivity (Wildman–Crippen MR) is 62.3 cm³/mol. The maximum absolute atomic E-state index is 4.51. The van der Waals surface area contributed by atoms with Crippen LogP contribution in [0.1, 0.15) is 18.9 Å². The molecule has 1 unspecified atom stereocenters. The molecule has 1 atom stereocenters. The van der Waals surface area contributed by atoms with E-state index in [2.05, 4.69) is 34.0 Å². The molecule has 2 rings (SSSR count). The lowest BCUT2D eigenvalue weighted by Crippen LogP contribution is -2.22. The van der Waals surface area contributed by atoms with Crippen LogP contribution >= 0.6 is 0 Å². The number of anilines is 2. The van der Waals surface area contributed by atoms with Crippen molar-refractivity contribution in [3.05, 3.63) is 11.8 Å². The summed E-state index contributed by atoms with van der Waals surface area (Å²) in [4.78, 5) is 11.1. The standard InChI is InChI=1S/C11H18N4/c1-8-4-5-15(7-8)10-9(2)6-13-11(12-3)14-10/h6,8H,4-5,7H2,1-3H3,(H,12,13,14). The van der Waals surface area contributed by atoms with Gasteiger partial charge in [0.05, 0.1) is 0 Å². The van der Waals surface area contributed by atoms with Crippen LogP contribution in [0.3, 0.4) is 0 Å². The Kier molecular flexibility index (Phi) is 2.75. The van der Waals surface area contributed by atoms with Gasteiger partial charge in [0.1, 0.15) is 5.82 Å². The second-order valence-corrected chi connectivity index (χ2v) is 4.29. The Labute approximate surface area is 90.7 Å².